The summed E-state index contributed by atoms with van der Waals surface area (Å²) in [6.07, 6.45) is 0. The largest absolute Gasteiger partial charge is 0.237 e. The molecule has 0 aliphatic carbocycles. The van der Waals surface area contributed by atoms with Gasteiger partial charge in [0.15, 0.2) is 0 Å². The summed E-state index contributed by atoms with van der Waals surface area (Å²) in [6.45, 7) is 3.98. The van der Waals surface area contributed by atoms with Gasteiger partial charge in [-0.3, -0.25) is 0 Å². The molecule has 2 rings (SSSR count). The lowest BCUT2D eigenvalue weighted by Gasteiger charge is -2.09. The maximum absolute atomic E-state index is 6.00. The standard InChI is InChI=1S/C12H12Cl2N2/c1-8-5-9(2)16(15-8)12-6-11(14)4-3-10(12)7-13/h3-6H,7H2,1-2H3. The molecule has 0 amide bonds. The molecule has 0 aliphatic heterocycles. The second-order valence-electron chi connectivity index (χ2n) is 3.75. The number of halogens is 2. The van der Waals surface area contributed by atoms with E-state index in [4.69, 9.17) is 23.2 Å². The van der Waals surface area contributed by atoms with E-state index in [2.05, 4.69) is 5.10 Å². The Morgan fingerprint density at radius 1 is 1.25 bits per heavy atom. The van der Waals surface area contributed by atoms with Crippen molar-refractivity contribution in [2.75, 3.05) is 0 Å². The monoisotopic (exact) mass is 254 g/mol. The molecule has 1 heterocycles. The molecule has 2 aromatic rings. The van der Waals surface area contributed by atoms with Crippen LogP contribution in [0.2, 0.25) is 5.02 Å². The van der Waals surface area contributed by atoms with Crippen LogP contribution in [0.15, 0.2) is 24.3 Å². The van der Waals surface area contributed by atoms with Crippen LogP contribution in [0.4, 0.5) is 0 Å². The molecule has 0 saturated carbocycles. The Bertz CT molecular complexity index is 518. The Kier molecular flexibility index (Phi) is 3.22. The molecule has 0 radical (unpaired) electrons. The zero-order valence-corrected chi connectivity index (χ0v) is 10.7. The van der Waals surface area contributed by atoms with Crippen LogP contribution in [0.3, 0.4) is 0 Å². The summed E-state index contributed by atoms with van der Waals surface area (Å²) in [5, 5.41) is 5.12. The average molecular weight is 255 g/mol. The maximum Gasteiger partial charge on any atom is 0.0707 e. The summed E-state index contributed by atoms with van der Waals surface area (Å²) in [5.41, 5.74) is 4.04. The predicted octanol–water partition coefficient (Wildman–Crippen LogP) is 3.88. The van der Waals surface area contributed by atoms with Crippen LogP contribution in [0.5, 0.6) is 0 Å². The van der Waals surface area contributed by atoms with Crippen LogP contribution < -0.4 is 0 Å². The summed E-state index contributed by atoms with van der Waals surface area (Å²) in [7, 11) is 0. The van der Waals surface area contributed by atoms with Crippen molar-refractivity contribution in [2.45, 2.75) is 19.7 Å². The van der Waals surface area contributed by atoms with E-state index in [0.717, 1.165) is 22.6 Å². The fourth-order valence-electron chi connectivity index (χ4n) is 1.72. The van der Waals surface area contributed by atoms with E-state index in [9.17, 15) is 0 Å². The smallest absolute Gasteiger partial charge is 0.0707 e. The number of rotatable bonds is 2. The van der Waals surface area contributed by atoms with E-state index >= 15 is 0 Å². The first-order valence-electron chi connectivity index (χ1n) is 5.00. The Morgan fingerprint density at radius 2 is 2.00 bits per heavy atom. The molecular formula is C12H12Cl2N2. The zero-order chi connectivity index (χ0) is 11.7. The average Bonchev–Trinajstić information content (AvgIpc) is 2.57. The van der Waals surface area contributed by atoms with Gasteiger partial charge in [0.1, 0.15) is 0 Å². The van der Waals surface area contributed by atoms with Crippen molar-refractivity contribution in [3.8, 4) is 5.69 Å². The third-order valence-corrected chi connectivity index (χ3v) is 2.95. The van der Waals surface area contributed by atoms with Crippen LogP contribution >= 0.6 is 23.2 Å². The highest BCUT2D eigenvalue weighted by Gasteiger charge is 2.08. The van der Waals surface area contributed by atoms with E-state index in [1.165, 1.54) is 0 Å². The summed E-state index contributed by atoms with van der Waals surface area (Å²) in [6, 6.07) is 7.69. The molecule has 2 nitrogen and oxygen atoms in total. The van der Waals surface area contributed by atoms with Gasteiger partial charge in [-0.2, -0.15) is 5.10 Å². The molecule has 0 atom stereocenters. The van der Waals surface area contributed by atoms with Crippen molar-refractivity contribution in [3.05, 3.63) is 46.2 Å². The van der Waals surface area contributed by atoms with Crippen molar-refractivity contribution in [2.24, 2.45) is 0 Å². The van der Waals surface area contributed by atoms with Gasteiger partial charge in [0.05, 0.1) is 11.4 Å². The van der Waals surface area contributed by atoms with Crippen LogP contribution in [0, 0.1) is 13.8 Å². The number of aryl methyl sites for hydroxylation is 2. The van der Waals surface area contributed by atoms with Gasteiger partial charge in [-0.25, -0.2) is 4.68 Å². The van der Waals surface area contributed by atoms with Gasteiger partial charge in [0, 0.05) is 16.6 Å². The quantitative estimate of drug-likeness (QED) is 0.744. The van der Waals surface area contributed by atoms with E-state index in [0.29, 0.717) is 10.9 Å². The molecule has 4 heteroatoms. The highest BCUT2D eigenvalue weighted by atomic mass is 35.5. The van der Waals surface area contributed by atoms with Gasteiger partial charge in [-0.15, -0.1) is 11.6 Å². The molecule has 0 bridgehead atoms. The number of hydrogen-bond donors (Lipinski definition) is 0. The predicted molar refractivity (Wildman–Crippen MR) is 67.6 cm³/mol. The number of alkyl halides is 1. The molecule has 0 aliphatic rings. The van der Waals surface area contributed by atoms with Crippen molar-refractivity contribution >= 4 is 23.2 Å². The summed E-state index contributed by atoms with van der Waals surface area (Å²) in [5.74, 6) is 0.449. The Hall–Kier alpha value is -0.990. The van der Waals surface area contributed by atoms with Crippen molar-refractivity contribution in [1.29, 1.82) is 0 Å². The highest BCUT2D eigenvalue weighted by Crippen LogP contribution is 2.22. The molecule has 0 saturated heterocycles. The van der Waals surface area contributed by atoms with Crippen LogP contribution in [0.25, 0.3) is 5.69 Å². The Morgan fingerprint density at radius 3 is 2.56 bits per heavy atom. The van der Waals surface area contributed by atoms with E-state index in [1.54, 1.807) is 0 Å². The maximum atomic E-state index is 6.00. The second-order valence-corrected chi connectivity index (χ2v) is 4.45. The third-order valence-electron chi connectivity index (χ3n) is 2.43. The molecule has 0 fully saturated rings. The topological polar surface area (TPSA) is 17.8 Å². The first-order chi connectivity index (χ1) is 7.61. The molecule has 1 aromatic heterocycles. The number of nitrogens with zero attached hydrogens (tertiary/aromatic N) is 2. The van der Waals surface area contributed by atoms with E-state index < -0.39 is 0 Å². The minimum atomic E-state index is 0.449. The molecule has 16 heavy (non-hydrogen) atoms. The molecule has 0 unspecified atom stereocenters. The summed E-state index contributed by atoms with van der Waals surface area (Å²) >= 11 is 11.9. The minimum absolute atomic E-state index is 0.449. The van der Waals surface area contributed by atoms with Crippen molar-refractivity contribution in [1.82, 2.24) is 9.78 Å². The SMILES string of the molecule is Cc1cc(C)n(-c2cc(Cl)ccc2CCl)n1. The normalized spacial score (nSPS) is 10.8. The van der Waals surface area contributed by atoms with E-state index in [-0.39, 0.29) is 0 Å². The van der Waals surface area contributed by atoms with Gasteiger partial charge in [0.25, 0.3) is 0 Å². The summed E-state index contributed by atoms with van der Waals surface area (Å²) < 4.78 is 1.87. The van der Waals surface area contributed by atoms with Crippen LogP contribution in [0.1, 0.15) is 17.0 Å². The second kappa shape index (κ2) is 4.48. The zero-order valence-electron chi connectivity index (χ0n) is 9.17. The lowest BCUT2D eigenvalue weighted by molar-refractivity contribution is 0.826. The van der Waals surface area contributed by atoms with Gasteiger partial charge < -0.3 is 0 Å². The number of aromatic nitrogens is 2. The number of hydrogen-bond acceptors (Lipinski definition) is 1. The first-order valence-corrected chi connectivity index (χ1v) is 5.91. The Labute approximate surface area is 105 Å². The molecular weight excluding hydrogens is 243 g/mol. The molecule has 0 spiro atoms. The minimum Gasteiger partial charge on any atom is -0.237 e. The van der Waals surface area contributed by atoms with Gasteiger partial charge in [-0.05, 0) is 37.6 Å². The highest BCUT2D eigenvalue weighted by molar-refractivity contribution is 6.30. The van der Waals surface area contributed by atoms with Gasteiger partial charge in [0.2, 0.25) is 0 Å². The van der Waals surface area contributed by atoms with Gasteiger partial charge >= 0.3 is 0 Å². The van der Waals surface area contributed by atoms with E-state index in [1.807, 2.05) is 42.8 Å². The lowest BCUT2D eigenvalue weighted by Crippen LogP contribution is -2.02. The molecule has 0 N–H and O–H groups in total. The third kappa shape index (κ3) is 2.08. The molecule has 84 valence electrons. The molecule has 1 aromatic carbocycles. The van der Waals surface area contributed by atoms with Crippen LogP contribution in [-0.4, -0.2) is 9.78 Å². The van der Waals surface area contributed by atoms with Crippen molar-refractivity contribution < 1.29 is 0 Å². The number of benzene rings is 1. The van der Waals surface area contributed by atoms with Crippen molar-refractivity contribution in [3.63, 3.8) is 0 Å². The van der Waals surface area contributed by atoms with Gasteiger partial charge in [-0.1, -0.05) is 17.7 Å². The fourth-order valence-corrected chi connectivity index (χ4v) is 2.11. The lowest BCUT2D eigenvalue weighted by atomic mass is 10.2. The fraction of sp³-hybridized carbons (Fsp3) is 0.250. The first kappa shape index (κ1) is 11.5. The Balaban J connectivity index is 2.62. The van der Waals surface area contributed by atoms with Crippen LogP contribution in [-0.2, 0) is 5.88 Å². The summed E-state index contributed by atoms with van der Waals surface area (Å²) in [4.78, 5) is 0.